The summed E-state index contributed by atoms with van der Waals surface area (Å²) in [6.45, 7) is 8.56. The van der Waals surface area contributed by atoms with Crippen molar-refractivity contribution in [3.63, 3.8) is 0 Å². The molecule has 0 amide bonds. The second-order valence-corrected chi connectivity index (χ2v) is 6.12. The minimum atomic E-state index is 0.327. The van der Waals surface area contributed by atoms with Crippen molar-refractivity contribution < 1.29 is 4.74 Å². The van der Waals surface area contributed by atoms with Crippen LogP contribution in [0.3, 0.4) is 0 Å². The van der Waals surface area contributed by atoms with E-state index in [0.29, 0.717) is 12.0 Å². The van der Waals surface area contributed by atoms with E-state index in [4.69, 9.17) is 16.3 Å². The molecule has 1 atom stereocenters. The zero-order valence-corrected chi connectivity index (χ0v) is 12.9. The number of halogens is 1. The summed E-state index contributed by atoms with van der Waals surface area (Å²) in [4.78, 5) is 0. The number of ether oxygens (including phenoxy) is 1. The molecule has 19 heavy (non-hydrogen) atoms. The lowest BCUT2D eigenvalue weighted by atomic mass is 10.00. The summed E-state index contributed by atoms with van der Waals surface area (Å²) in [6, 6.07) is 4.15. The van der Waals surface area contributed by atoms with Crippen LogP contribution < -0.4 is 10.1 Å². The van der Waals surface area contributed by atoms with Crippen molar-refractivity contribution in [1.82, 2.24) is 5.32 Å². The lowest BCUT2D eigenvalue weighted by Gasteiger charge is -2.21. The van der Waals surface area contributed by atoms with Crippen LogP contribution in [0.15, 0.2) is 12.1 Å². The highest BCUT2D eigenvalue weighted by atomic mass is 35.5. The number of aryl methyl sites for hydroxylation is 1. The molecule has 1 aromatic carbocycles. The molecule has 0 bridgehead atoms. The maximum Gasteiger partial charge on any atom is 0.123 e. The number of hydrogen-bond donors (Lipinski definition) is 1. The molecule has 1 aliphatic rings. The summed E-state index contributed by atoms with van der Waals surface area (Å²) in [5, 5.41) is 4.25. The maximum atomic E-state index is 6.26. The Labute approximate surface area is 121 Å². The van der Waals surface area contributed by atoms with Gasteiger partial charge in [0.25, 0.3) is 0 Å². The fraction of sp³-hybridized carbons (Fsp3) is 0.625. The van der Waals surface area contributed by atoms with E-state index in [1.165, 1.54) is 12.0 Å². The molecule has 1 unspecified atom stereocenters. The van der Waals surface area contributed by atoms with Crippen molar-refractivity contribution in [2.24, 2.45) is 0 Å². The van der Waals surface area contributed by atoms with E-state index >= 15 is 0 Å². The molecule has 1 heterocycles. The summed E-state index contributed by atoms with van der Waals surface area (Å²) < 4.78 is 6.26. The fourth-order valence-electron chi connectivity index (χ4n) is 2.51. The molecule has 0 spiro atoms. The highest BCUT2D eigenvalue weighted by Crippen LogP contribution is 2.33. The molecule has 1 saturated heterocycles. The van der Waals surface area contributed by atoms with Crippen LogP contribution in [0.4, 0.5) is 0 Å². The molecule has 0 aliphatic carbocycles. The van der Waals surface area contributed by atoms with Crippen LogP contribution in [0.1, 0.15) is 50.2 Å². The van der Waals surface area contributed by atoms with Crippen LogP contribution >= 0.6 is 11.6 Å². The van der Waals surface area contributed by atoms with Crippen LogP contribution in [0, 0.1) is 6.92 Å². The first-order valence-corrected chi connectivity index (χ1v) is 7.63. The van der Waals surface area contributed by atoms with Gasteiger partial charge in [0.15, 0.2) is 0 Å². The molecule has 0 saturated carbocycles. The van der Waals surface area contributed by atoms with E-state index < -0.39 is 0 Å². The third-order valence-electron chi connectivity index (χ3n) is 3.73. The van der Waals surface area contributed by atoms with Gasteiger partial charge in [0.1, 0.15) is 5.75 Å². The van der Waals surface area contributed by atoms with Gasteiger partial charge in [-0.05, 0) is 68.5 Å². The monoisotopic (exact) mass is 281 g/mol. The number of benzene rings is 1. The largest absolute Gasteiger partial charge is 0.490 e. The van der Waals surface area contributed by atoms with Crippen molar-refractivity contribution in [2.45, 2.75) is 52.1 Å². The molecule has 3 heteroatoms. The Bertz CT molecular complexity index is 423. The SMILES string of the molecule is Cc1cc(OC2CCCNCC2)c(C(C)C)cc1Cl. The Morgan fingerprint density at radius 2 is 2.05 bits per heavy atom. The van der Waals surface area contributed by atoms with E-state index in [1.54, 1.807) is 0 Å². The van der Waals surface area contributed by atoms with Gasteiger partial charge in [-0.15, -0.1) is 0 Å². The van der Waals surface area contributed by atoms with Gasteiger partial charge >= 0.3 is 0 Å². The average molecular weight is 282 g/mol. The van der Waals surface area contributed by atoms with Crippen molar-refractivity contribution in [2.75, 3.05) is 13.1 Å². The van der Waals surface area contributed by atoms with Crippen molar-refractivity contribution in [1.29, 1.82) is 0 Å². The molecule has 1 aliphatic heterocycles. The van der Waals surface area contributed by atoms with E-state index in [1.807, 2.05) is 6.92 Å². The molecule has 0 aromatic heterocycles. The minimum Gasteiger partial charge on any atom is -0.490 e. The second kappa shape index (κ2) is 6.62. The molecular formula is C16H24ClNO. The predicted molar refractivity (Wildman–Crippen MR) is 81.4 cm³/mol. The number of nitrogens with one attached hydrogen (secondary N) is 1. The Hall–Kier alpha value is -0.730. The standard InChI is InChI=1S/C16H24ClNO/c1-11(2)14-10-15(17)12(3)9-16(14)19-13-5-4-7-18-8-6-13/h9-11,13,18H,4-8H2,1-3H3. The van der Waals surface area contributed by atoms with Gasteiger partial charge in [0.2, 0.25) is 0 Å². The summed E-state index contributed by atoms with van der Waals surface area (Å²) in [5.41, 5.74) is 2.31. The minimum absolute atomic E-state index is 0.327. The lowest BCUT2D eigenvalue weighted by Crippen LogP contribution is -2.20. The summed E-state index contributed by atoms with van der Waals surface area (Å²) >= 11 is 6.23. The zero-order chi connectivity index (χ0) is 13.8. The number of hydrogen-bond acceptors (Lipinski definition) is 2. The quantitative estimate of drug-likeness (QED) is 0.892. The first kappa shape index (κ1) is 14.7. The summed E-state index contributed by atoms with van der Waals surface area (Å²) in [7, 11) is 0. The Balaban J connectivity index is 2.20. The van der Waals surface area contributed by atoms with E-state index in [0.717, 1.165) is 42.3 Å². The van der Waals surface area contributed by atoms with Crippen molar-refractivity contribution in [3.05, 3.63) is 28.3 Å². The molecule has 106 valence electrons. The van der Waals surface area contributed by atoms with Crippen LogP contribution in [-0.4, -0.2) is 19.2 Å². The average Bonchev–Trinajstić information content (AvgIpc) is 2.62. The van der Waals surface area contributed by atoms with Gasteiger partial charge in [0.05, 0.1) is 6.10 Å². The molecule has 1 fully saturated rings. The van der Waals surface area contributed by atoms with E-state index in [-0.39, 0.29) is 0 Å². The van der Waals surface area contributed by atoms with Gasteiger partial charge in [-0.25, -0.2) is 0 Å². The van der Waals surface area contributed by atoms with E-state index in [9.17, 15) is 0 Å². The lowest BCUT2D eigenvalue weighted by molar-refractivity contribution is 0.185. The summed E-state index contributed by atoms with van der Waals surface area (Å²) in [5.74, 6) is 1.45. The molecule has 2 rings (SSSR count). The van der Waals surface area contributed by atoms with Gasteiger partial charge in [-0.1, -0.05) is 25.4 Å². The van der Waals surface area contributed by atoms with E-state index in [2.05, 4.69) is 31.3 Å². The van der Waals surface area contributed by atoms with Gasteiger partial charge in [-0.3, -0.25) is 0 Å². The number of rotatable bonds is 3. The topological polar surface area (TPSA) is 21.3 Å². The third kappa shape index (κ3) is 3.87. The maximum absolute atomic E-state index is 6.26. The molecule has 1 N–H and O–H groups in total. The zero-order valence-electron chi connectivity index (χ0n) is 12.1. The Morgan fingerprint density at radius 1 is 1.26 bits per heavy atom. The van der Waals surface area contributed by atoms with Crippen LogP contribution in [-0.2, 0) is 0 Å². The highest BCUT2D eigenvalue weighted by Gasteiger charge is 2.17. The Morgan fingerprint density at radius 3 is 2.79 bits per heavy atom. The Kier molecular flexibility index (Phi) is 5.12. The predicted octanol–water partition coefficient (Wildman–Crippen LogP) is 4.29. The fourth-order valence-corrected chi connectivity index (χ4v) is 2.68. The first-order chi connectivity index (χ1) is 9.08. The van der Waals surface area contributed by atoms with Gasteiger partial charge in [0, 0.05) is 5.02 Å². The first-order valence-electron chi connectivity index (χ1n) is 7.25. The summed E-state index contributed by atoms with van der Waals surface area (Å²) in [6.07, 6.45) is 3.73. The van der Waals surface area contributed by atoms with Gasteiger partial charge < -0.3 is 10.1 Å². The van der Waals surface area contributed by atoms with Gasteiger partial charge in [-0.2, -0.15) is 0 Å². The molecule has 0 radical (unpaired) electrons. The van der Waals surface area contributed by atoms with Crippen LogP contribution in [0.5, 0.6) is 5.75 Å². The van der Waals surface area contributed by atoms with Crippen LogP contribution in [0.25, 0.3) is 0 Å². The molecular weight excluding hydrogens is 258 g/mol. The van der Waals surface area contributed by atoms with Crippen molar-refractivity contribution >= 4 is 11.6 Å². The highest BCUT2D eigenvalue weighted by molar-refractivity contribution is 6.31. The third-order valence-corrected chi connectivity index (χ3v) is 4.14. The van der Waals surface area contributed by atoms with Crippen molar-refractivity contribution in [3.8, 4) is 5.75 Å². The smallest absolute Gasteiger partial charge is 0.123 e. The normalized spacial score (nSPS) is 20.4. The molecule has 2 nitrogen and oxygen atoms in total. The molecule has 1 aromatic rings. The second-order valence-electron chi connectivity index (χ2n) is 5.71. The van der Waals surface area contributed by atoms with Crippen LogP contribution in [0.2, 0.25) is 5.02 Å².